The van der Waals surface area contributed by atoms with Crippen LogP contribution in [0.5, 0.6) is 0 Å². The van der Waals surface area contributed by atoms with Gasteiger partial charge in [0, 0.05) is 20.0 Å². The Morgan fingerprint density at radius 3 is 2.38 bits per heavy atom. The summed E-state index contributed by atoms with van der Waals surface area (Å²) in [5.41, 5.74) is 0. The maximum absolute atomic E-state index is 11.8. The van der Waals surface area contributed by atoms with Crippen molar-refractivity contribution in [3.8, 4) is 0 Å². The molecule has 0 aromatic heterocycles. The van der Waals surface area contributed by atoms with Crippen LogP contribution in [-0.4, -0.2) is 42.3 Å². The molecule has 0 rings (SSSR count). The van der Waals surface area contributed by atoms with Gasteiger partial charge >= 0.3 is 5.97 Å². The van der Waals surface area contributed by atoms with Crippen LogP contribution in [0.15, 0.2) is 0 Å². The fraction of sp³-hybridized carbons (Fsp3) is 0.818. The van der Waals surface area contributed by atoms with Crippen LogP contribution in [-0.2, 0) is 14.3 Å². The van der Waals surface area contributed by atoms with Gasteiger partial charge in [0.05, 0.1) is 11.9 Å². The van der Waals surface area contributed by atoms with Crippen molar-refractivity contribution in [2.45, 2.75) is 31.5 Å². The lowest BCUT2D eigenvalue weighted by Gasteiger charge is -2.22. The molecular formula is C11H20BrNO3. The molecule has 0 aliphatic carbocycles. The molecule has 0 N–H and O–H groups in total. The lowest BCUT2D eigenvalue weighted by Crippen LogP contribution is -2.36. The molecule has 94 valence electrons. The zero-order valence-electron chi connectivity index (χ0n) is 10.3. The number of amides is 1. The Bertz CT molecular complexity index is 243. The second-order valence-corrected chi connectivity index (χ2v) is 5.07. The van der Waals surface area contributed by atoms with E-state index in [0.29, 0.717) is 19.4 Å². The Morgan fingerprint density at radius 2 is 1.94 bits per heavy atom. The first kappa shape index (κ1) is 15.4. The van der Waals surface area contributed by atoms with E-state index < -0.39 is 0 Å². The van der Waals surface area contributed by atoms with Crippen LogP contribution in [0, 0.1) is 5.92 Å². The number of rotatable bonds is 6. The van der Waals surface area contributed by atoms with E-state index >= 15 is 0 Å². The summed E-state index contributed by atoms with van der Waals surface area (Å²) in [7, 11) is 3.11. The van der Waals surface area contributed by atoms with Crippen molar-refractivity contribution in [2.75, 3.05) is 20.7 Å². The van der Waals surface area contributed by atoms with Gasteiger partial charge in [-0.1, -0.05) is 29.8 Å². The van der Waals surface area contributed by atoms with Crippen molar-refractivity contribution in [2.24, 2.45) is 5.92 Å². The second-order valence-electron chi connectivity index (χ2n) is 4.09. The number of carbonyl (C=O) groups excluding carboxylic acids is 2. The Labute approximate surface area is 105 Å². The summed E-state index contributed by atoms with van der Waals surface area (Å²) in [5.74, 6) is 0.0792. The first-order valence-corrected chi connectivity index (χ1v) is 6.27. The van der Waals surface area contributed by atoms with Crippen molar-refractivity contribution in [3.63, 3.8) is 0 Å². The highest BCUT2D eigenvalue weighted by Gasteiger charge is 2.21. The fourth-order valence-corrected chi connectivity index (χ4v) is 1.52. The number of halogens is 1. The second kappa shape index (κ2) is 7.65. The summed E-state index contributed by atoms with van der Waals surface area (Å²) in [5, 5.41) is 0. The lowest BCUT2D eigenvalue weighted by molar-refractivity contribution is -0.141. The Balaban J connectivity index is 3.93. The Hall–Kier alpha value is -0.580. The summed E-state index contributed by atoms with van der Waals surface area (Å²) < 4.78 is 4.53. The van der Waals surface area contributed by atoms with E-state index in [1.165, 1.54) is 7.11 Å². The molecule has 1 amide bonds. The first-order valence-electron chi connectivity index (χ1n) is 5.36. The maximum atomic E-state index is 11.8. The summed E-state index contributed by atoms with van der Waals surface area (Å²) in [6.07, 6.45) is 0.982. The van der Waals surface area contributed by atoms with Crippen LogP contribution in [0.3, 0.4) is 0 Å². The van der Waals surface area contributed by atoms with Crippen molar-refractivity contribution >= 4 is 27.8 Å². The summed E-state index contributed by atoms with van der Waals surface area (Å²) in [4.78, 5) is 24.1. The lowest BCUT2D eigenvalue weighted by atomic mass is 10.1. The standard InChI is InChI=1S/C11H20BrNO3/c1-8(2)10(12)11(15)13(3)7-5-6-9(14)16-4/h8,10H,5-7H2,1-4H3. The van der Waals surface area contributed by atoms with Crippen LogP contribution in [0.1, 0.15) is 26.7 Å². The third-order valence-electron chi connectivity index (χ3n) is 2.30. The van der Waals surface area contributed by atoms with E-state index in [9.17, 15) is 9.59 Å². The molecule has 16 heavy (non-hydrogen) atoms. The van der Waals surface area contributed by atoms with Gasteiger partial charge < -0.3 is 9.64 Å². The molecule has 0 saturated heterocycles. The number of hydrogen-bond acceptors (Lipinski definition) is 3. The van der Waals surface area contributed by atoms with Gasteiger partial charge in [0.25, 0.3) is 0 Å². The molecule has 0 aliphatic rings. The monoisotopic (exact) mass is 293 g/mol. The molecule has 5 heteroatoms. The highest BCUT2D eigenvalue weighted by Crippen LogP contribution is 2.14. The molecule has 1 atom stereocenters. The molecule has 0 spiro atoms. The summed E-state index contributed by atoms with van der Waals surface area (Å²) >= 11 is 3.36. The molecular weight excluding hydrogens is 274 g/mol. The van der Waals surface area contributed by atoms with E-state index in [1.807, 2.05) is 13.8 Å². The Morgan fingerprint density at radius 1 is 1.38 bits per heavy atom. The summed E-state index contributed by atoms with van der Waals surface area (Å²) in [6, 6.07) is 0. The topological polar surface area (TPSA) is 46.6 Å². The molecule has 1 unspecified atom stereocenters. The molecule has 0 radical (unpaired) electrons. The largest absolute Gasteiger partial charge is 0.469 e. The van der Waals surface area contributed by atoms with Gasteiger partial charge in [0.2, 0.25) is 5.91 Å². The molecule has 0 aliphatic heterocycles. The van der Waals surface area contributed by atoms with Gasteiger partial charge in [-0.2, -0.15) is 0 Å². The van der Waals surface area contributed by atoms with Gasteiger partial charge in [0.1, 0.15) is 0 Å². The predicted molar refractivity (Wildman–Crippen MR) is 66.4 cm³/mol. The molecule has 0 heterocycles. The number of nitrogens with zero attached hydrogens (tertiary/aromatic N) is 1. The molecule has 0 saturated carbocycles. The van der Waals surface area contributed by atoms with Crippen molar-refractivity contribution in [1.29, 1.82) is 0 Å². The van der Waals surface area contributed by atoms with Gasteiger partial charge in [-0.25, -0.2) is 0 Å². The van der Waals surface area contributed by atoms with Gasteiger partial charge in [-0.3, -0.25) is 9.59 Å². The number of hydrogen-bond donors (Lipinski definition) is 0. The van der Waals surface area contributed by atoms with Crippen LogP contribution >= 0.6 is 15.9 Å². The fourth-order valence-electron chi connectivity index (χ4n) is 1.17. The average Bonchev–Trinajstić information content (AvgIpc) is 2.26. The van der Waals surface area contributed by atoms with E-state index in [-0.39, 0.29) is 22.6 Å². The molecule has 0 aromatic rings. The van der Waals surface area contributed by atoms with Crippen LogP contribution in [0.2, 0.25) is 0 Å². The normalized spacial score (nSPS) is 12.4. The highest BCUT2D eigenvalue weighted by molar-refractivity contribution is 9.10. The molecule has 0 aromatic carbocycles. The van der Waals surface area contributed by atoms with Crippen molar-refractivity contribution in [3.05, 3.63) is 0 Å². The number of methoxy groups -OCH3 is 1. The number of carbonyl (C=O) groups is 2. The van der Waals surface area contributed by atoms with Crippen LogP contribution < -0.4 is 0 Å². The first-order chi connectivity index (χ1) is 7.40. The van der Waals surface area contributed by atoms with Gasteiger partial charge in [0.15, 0.2) is 0 Å². The number of esters is 1. The minimum atomic E-state index is -0.236. The SMILES string of the molecule is COC(=O)CCCN(C)C(=O)C(Br)C(C)C. The minimum Gasteiger partial charge on any atom is -0.469 e. The van der Waals surface area contributed by atoms with Gasteiger partial charge in [-0.05, 0) is 12.3 Å². The number of ether oxygens (including phenoxy) is 1. The maximum Gasteiger partial charge on any atom is 0.305 e. The molecule has 0 bridgehead atoms. The predicted octanol–water partition coefficient (Wildman–Crippen LogP) is 1.82. The smallest absolute Gasteiger partial charge is 0.305 e. The quantitative estimate of drug-likeness (QED) is 0.554. The van der Waals surface area contributed by atoms with Crippen molar-refractivity contribution < 1.29 is 14.3 Å². The Kier molecular flexibility index (Phi) is 7.38. The summed E-state index contributed by atoms with van der Waals surface area (Å²) in [6.45, 7) is 4.54. The number of alkyl halides is 1. The minimum absolute atomic E-state index is 0.0554. The van der Waals surface area contributed by atoms with E-state index in [1.54, 1.807) is 11.9 Å². The highest BCUT2D eigenvalue weighted by atomic mass is 79.9. The van der Waals surface area contributed by atoms with Gasteiger partial charge in [-0.15, -0.1) is 0 Å². The van der Waals surface area contributed by atoms with Crippen molar-refractivity contribution in [1.82, 2.24) is 4.90 Å². The van der Waals surface area contributed by atoms with E-state index in [2.05, 4.69) is 20.7 Å². The zero-order chi connectivity index (χ0) is 12.7. The molecule has 4 nitrogen and oxygen atoms in total. The average molecular weight is 294 g/mol. The van der Waals surface area contributed by atoms with Crippen LogP contribution in [0.25, 0.3) is 0 Å². The molecule has 0 fully saturated rings. The third-order valence-corrected chi connectivity index (χ3v) is 3.75. The zero-order valence-corrected chi connectivity index (χ0v) is 11.9. The van der Waals surface area contributed by atoms with E-state index in [4.69, 9.17) is 0 Å². The van der Waals surface area contributed by atoms with E-state index in [0.717, 1.165) is 0 Å². The third kappa shape index (κ3) is 5.49. The van der Waals surface area contributed by atoms with Crippen LogP contribution in [0.4, 0.5) is 0 Å².